The second-order valence-corrected chi connectivity index (χ2v) is 13.1. The van der Waals surface area contributed by atoms with E-state index in [0.717, 1.165) is 18.9 Å². The number of aliphatic hydroxyl groups is 1. The predicted octanol–water partition coefficient (Wildman–Crippen LogP) is 3.38. The summed E-state index contributed by atoms with van der Waals surface area (Å²) < 4.78 is 69.6. The molecule has 3 aliphatic rings. The second-order valence-electron chi connectivity index (χ2n) is 11.2. The Hall–Kier alpha value is -3.13. The zero-order valence-corrected chi connectivity index (χ0v) is 23.2. The summed E-state index contributed by atoms with van der Waals surface area (Å²) >= 11 is 0. The quantitative estimate of drug-likeness (QED) is 0.432. The number of hydrogen-bond acceptors (Lipinski definition) is 8. The SMILES string of the molecule is Cc1cc(NC(=O)c2c(F)cc(NS(=O)(=O)CCO)cc2N2CC[C@@]3(C)C[C@H]3C2)nc(N2CCC(F)(F)CC2)n1. The molecule has 3 N–H and O–H groups in total. The number of aryl methyl sites for hydroxylation is 1. The van der Waals surface area contributed by atoms with E-state index in [4.69, 9.17) is 5.11 Å². The molecule has 5 rings (SSSR count). The number of fused-ring (bicyclic) bond motifs is 1. The van der Waals surface area contributed by atoms with Crippen molar-refractivity contribution >= 4 is 39.1 Å². The molecular weight excluding hydrogens is 549 g/mol. The Morgan fingerprint density at radius 3 is 2.50 bits per heavy atom. The third-order valence-corrected chi connectivity index (χ3v) is 9.33. The van der Waals surface area contributed by atoms with Gasteiger partial charge in [0.05, 0.1) is 29.3 Å². The van der Waals surface area contributed by atoms with Gasteiger partial charge in [-0.15, -0.1) is 0 Å². The van der Waals surface area contributed by atoms with Crippen LogP contribution in [0.25, 0.3) is 0 Å². The number of nitrogens with one attached hydrogen (secondary N) is 2. The predicted molar refractivity (Wildman–Crippen MR) is 145 cm³/mol. The fourth-order valence-corrected chi connectivity index (χ4v) is 6.33. The Labute approximate surface area is 231 Å². The minimum atomic E-state index is -3.92. The van der Waals surface area contributed by atoms with Gasteiger partial charge in [0.1, 0.15) is 11.6 Å². The molecule has 10 nitrogen and oxygen atoms in total. The largest absolute Gasteiger partial charge is 0.395 e. The molecule has 3 heterocycles. The van der Waals surface area contributed by atoms with Crippen molar-refractivity contribution < 1.29 is 31.5 Å². The number of carbonyl (C=O) groups is 1. The van der Waals surface area contributed by atoms with Crippen LogP contribution in [-0.4, -0.2) is 73.9 Å². The summed E-state index contributed by atoms with van der Waals surface area (Å²) in [6.07, 6.45) is 1.22. The van der Waals surface area contributed by atoms with Gasteiger partial charge < -0.3 is 20.2 Å². The number of nitrogens with zero attached hydrogens (tertiary/aromatic N) is 4. The number of alkyl halides is 2. The highest BCUT2D eigenvalue weighted by molar-refractivity contribution is 7.92. The van der Waals surface area contributed by atoms with Crippen LogP contribution in [0.3, 0.4) is 0 Å². The normalized spacial score (nSPS) is 23.9. The molecule has 2 aromatic rings. The molecule has 1 aromatic carbocycles. The molecule has 0 radical (unpaired) electrons. The molecule has 2 atom stereocenters. The van der Waals surface area contributed by atoms with E-state index < -0.39 is 40.0 Å². The summed E-state index contributed by atoms with van der Waals surface area (Å²) in [5, 5.41) is 11.7. The molecule has 1 saturated carbocycles. The third kappa shape index (κ3) is 6.12. The monoisotopic (exact) mass is 582 g/mol. The highest BCUT2D eigenvalue weighted by Crippen LogP contribution is 2.58. The number of carbonyl (C=O) groups excluding carboxylic acids is 1. The number of aromatic nitrogens is 2. The van der Waals surface area contributed by atoms with E-state index in [2.05, 4.69) is 26.9 Å². The number of aliphatic hydroxyl groups excluding tert-OH is 1. The topological polar surface area (TPSA) is 128 Å². The van der Waals surface area contributed by atoms with E-state index in [1.807, 2.05) is 4.90 Å². The number of hydrogen-bond donors (Lipinski definition) is 3. The number of rotatable bonds is 8. The fraction of sp³-hybridized carbons (Fsp3) is 0.577. The molecule has 2 aliphatic heterocycles. The summed E-state index contributed by atoms with van der Waals surface area (Å²) in [6, 6.07) is 3.87. The number of benzene rings is 1. The maximum absolute atomic E-state index is 15.6. The van der Waals surface area contributed by atoms with E-state index in [-0.39, 0.29) is 60.1 Å². The van der Waals surface area contributed by atoms with E-state index in [1.54, 1.807) is 11.8 Å². The molecule has 1 aromatic heterocycles. The molecule has 218 valence electrons. The lowest BCUT2D eigenvalue weighted by Gasteiger charge is -2.33. The number of sulfonamides is 1. The Morgan fingerprint density at radius 2 is 1.82 bits per heavy atom. The van der Waals surface area contributed by atoms with Gasteiger partial charge in [-0.05, 0) is 43.2 Å². The van der Waals surface area contributed by atoms with Gasteiger partial charge >= 0.3 is 0 Å². The third-order valence-electron chi connectivity index (χ3n) is 8.06. The Kier molecular flexibility index (Phi) is 7.36. The standard InChI is InChI=1S/C26H33F3N6O4S/c1-16-11-21(32-24(30-16)34-7-4-26(28,29)5-8-34)31-23(37)22-19(27)12-18(33-40(38,39)10-9-36)13-20(22)35-6-3-25(2)14-17(25)15-35/h11-13,17,33,36H,3-10,14-15H2,1-2H3,(H,30,31,32,37)/t17-,25-/m0/s1. The minimum absolute atomic E-state index is 0.0521. The van der Waals surface area contributed by atoms with Gasteiger partial charge in [-0.25, -0.2) is 26.6 Å². The van der Waals surface area contributed by atoms with Gasteiger partial charge in [0.2, 0.25) is 16.0 Å². The lowest BCUT2D eigenvalue weighted by atomic mass is 9.96. The average molecular weight is 583 g/mol. The molecule has 14 heteroatoms. The molecule has 40 heavy (non-hydrogen) atoms. The first-order valence-corrected chi connectivity index (χ1v) is 14.9. The molecule has 2 saturated heterocycles. The van der Waals surface area contributed by atoms with Crippen molar-refractivity contribution in [3.8, 4) is 0 Å². The average Bonchev–Trinajstić information content (AvgIpc) is 3.53. The smallest absolute Gasteiger partial charge is 0.261 e. The van der Waals surface area contributed by atoms with E-state index in [9.17, 15) is 22.0 Å². The Morgan fingerprint density at radius 1 is 1.12 bits per heavy atom. The second kappa shape index (κ2) is 10.4. The lowest BCUT2D eigenvalue weighted by Crippen LogP contribution is -2.40. The highest BCUT2D eigenvalue weighted by Gasteiger charge is 2.53. The van der Waals surface area contributed by atoms with Gasteiger partial charge in [0, 0.05) is 50.8 Å². The summed E-state index contributed by atoms with van der Waals surface area (Å²) in [5.74, 6) is -4.32. The first kappa shape index (κ1) is 28.4. The van der Waals surface area contributed by atoms with E-state index in [0.29, 0.717) is 24.7 Å². The Balaban J connectivity index is 1.44. The van der Waals surface area contributed by atoms with Crippen molar-refractivity contribution in [2.75, 3.05) is 58.4 Å². The molecule has 0 bridgehead atoms. The van der Waals surface area contributed by atoms with Gasteiger partial charge in [-0.1, -0.05) is 6.92 Å². The molecule has 3 fully saturated rings. The van der Waals surface area contributed by atoms with Gasteiger partial charge in [0.15, 0.2) is 0 Å². The maximum atomic E-state index is 15.6. The number of piperidine rings is 2. The Bertz CT molecular complexity index is 1420. The fourth-order valence-electron chi connectivity index (χ4n) is 5.51. The van der Waals surface area contributed by atoms with Crippen LogP contribution >= 0.6 is 0 Å². The van der Waals surface area contributed by atoms with Crippen LogP contribution in [0.5, 0.6) is 0 Å². The van der Waals surface area contributed by atoms with E-state index >= 15 is 4.39 Å². The zero-order chi connectivity index (χ0) is 28.9. The number of anilines is 4. The first-order chi connectivity index (χ1) is 18.8. The molecule has 1 amide bonds. The van der Waals surface area contributed by atoms with Crippen LogP contribution in [0.4, 0.5) is 36.3 Å². The van der Waals surface area contributed by atoms with Crippen LogP contribution in [0.1, 0.15) is 48.7 Å². The lowest BCUT2D eigenvalue weighted by molar-refractivity contribution is -0.0222. The van der Waals surface area contributed by atoms with Gasteiger partial charge in [-0.2, -0.15) is 4.98 Å². The van der Waals surface area contributed by atoms with Crippen LogP contribution in [0, 0.1) is 24.1 Å². The zero-order valence-electron chi connectivity index (χ0n) is 22.4. The maximum Gasteiger partial charge on any atom is 0.261 e. The summed E-state index contributed by atoms with van der Waals surface area (Å²) in [7, 11) is -3.92. The van der Waals surface area contributed by atoms with E-state index in [1.165, 1.54) is 12.1 Å². The van der Waals surface area contributed by atoms with Crippen molar-refractivity contribution in [2.24, 2.45) is 11.3 Å². The molecule has 0 unspecified atom stereocenters. The summed E-state index contributed by atoms with van der Waals surface area (Å²) in [6.45, 7) is 4.56. The minimum Gasteiger partial charge on any atom is -0.395 e. The number of amides is 1. The van der Waals surface area contributed by atoms with Crippen LogP contribution in [-0.2, 0) is 10.0 Å². The van der Waals surface area contributed by atoms with Crippen molar-refractivity contribution in [1.29, 1.82) is 0 Å². The molecular formula is C26H33F3N6O4S. The van der Waals surface area contributed by atoms with Crippen molar-refractivity contribution in [3.05, 3.63) is 35.3 Å². The molecule has 0 spiro atoms. The van der Waals surface area contributed by atoms with Crippen molar-refractivity contribution in [1.82, 2.24) is 9.97 Å². The summed E-state index contributed by atoms with van der Waals surface area (Å²) in [4.78, 5) is 25.7. The van der Waals surface area contributed by atoms with Gasteiger partial charge in [-0.3, -0.25) is 9.52 Å². The van der Waals surface area contributed by atoms with Gasteiger partial charge in [0.25, 0.3) is 11.8 Å². The number of halogens is 3. The highest BCUT2D eigenvalue weighted by atomic mass is 32.2. The van der Waals surface area contributed by atoms with Crippen molar-refractivity contribution in [2.45, 2.75) is 45.5 Å². The summed E-state index contributed by atoms with van der Waals surface area (Å²) in [5.41, 5.74) is 0.660. The first-order valence-electron chi connectivity index (χ1n) is 13.3. The van der Waals surface area contributed by atoms with Crippen molar-refractivity contribution in [3.63, 3.8) is 0 Å². The van der Waals surface area contributed by atoms with Crippen LogP contribution in [0.2, 0.25) is 0 Å². The molecule has 1 aliphatic carbocycles. The van der Waals surface area contributed by atoms with Crippen LogP contribution < -0.4 is 19.8 Å². The van der Waals surface area contributed by atoms with Crippen LogP contribution in [0.15, 0.2) is 18.2 Å².